The van der Waals surface area contributed by atoms with Gasteiger partial charge in [0, 0.05) is 12.5 Å². The van der Waals surface area contributed by atoms with Crippen molar-refractivity contribution in [2.45, 2.75) is 32.2 Å². The van der Waals surface area contributed by atoms with E-state index >= 15 is 0 Å². The van der Waals surface area contributed by atoms with Crippen molar-refractivity contribution in [1.29, 1.82) is 0 Å². The van der Waals surface area contributed by atoms with Gasteiger partial charge < -0.3 is 4.74 Å². The van der Waals surface area contributed by atoms with Crippen LogP contribution in [0.1, 0.15) is 36.4 Å². The summed E-state index contributed by atoms with van der Waals surface area (Å²) in [6, 6.07) is 0.143. The van der Waals surface area contributed by atoms with E-state index in [0.717, 1.165) is 38.2 Å². The number of nitrogens with one attached hydrogen (secondary N) is 1. The first-order valence-corrected chi connectivity index (χ1v) is 6.49. The topological polar surface area (TPSA) is 73.1 Å². The Labute approximate surface area is 99.5 Å². The summed E-state index contributed by atoms with van der Waals surface area (Å²) >= 11 is 1.45. The monoisotopic (exact) mass is 242 g/mol. The zero-order chi connectivity index (χ0) is 11.4. The van der Waals surface area contributed by atoms with Gasteiger partial charge >= 0.3 is 0 Å². The van der Waals surface area contributed by atoms with Crippen molar-refractivity contribution in [2.75, 3.05) is 13.2 Å². The van der Waals surface area contributed by atoms with Crippen LogP contribution < -0.4 is 11.3 Å². The third-order valence-electron chi connectivity index (χ3n) is 2.97. The van der Waals surface area contributed by atoms with E-state index in [1.807, 2.05) is 0 Å². The van der Waals surface area contributed by atoms with Gasteiger partial charge in [-0.1, -0.05) is 17.8 Å². The summed E-state index contributed by atoms with van der Waals surface area (Å²) in [5.41, 5.74) is 3.98. The highest BCUT2D eigenvalue weighted by Gasteiger charge is 2.29. The summed E-state index contributed by atoms with van der Waals surface area (Å²) < 4.78 is 9.44. The maximum absolute atomic E-state index is 5.65. The molecule has 0 aliphatic carbocycles. The first kappa shape index (κ1) is 11.9. The van der Waals surface area contributed by atoms with Crippen molar-refractivity contribution in [2.24, 2.45) is 11.8 Å². The number of hydrogen-bond acceptors (Lipinski definition) is 6. The highest BCUT2D eigenvalue weighted by atomic mass is 32.1. The van der Waals surface area contributed by atoms with Crippen LogP contribution in [0.2, 0.25) is 0 Å². The minimum atomic E-state index is 0.143. The van der Waals surface area contributed by atoms with Gasteiger partial charge in [-0.15, -0.1) is 5.10 Å². The van der Waals surface area contributed by atoms with E-state index in [9.17, 15) is 0 Å². The molecule has 0 radical (unpaired) electrons. The predicted octanol–water partition coefficient (Wildman–Crippen LogP) is 1.03. The molecule has 1 aromatic heterocycles. The van der Waals surface area contributed by atoms with E-state index in [4.69, 9.17) is 10.6 Å². The van der Waals surface area contributed by atoms with Crippen LogP contribution >= 0.6 is 11.5 Å². The largest absolute Gasteiger partial charge is 0.381 e. The molecule has 0 saturated carbocycles. The molecule has 1 saturated heterocycles. The summed E-state index contributed by atoms with van der Waals surface area (Å²) in [6.07, 6.45) is 3.10. The molecule has 1 fully saturated rings. The number of aryl methyl sites for hydroxylation is 1. The molecule has 0 amide bonds. The highest BCUT2D eigenvalue weighted by molar-refractivity contribution is 7.05. The Morgan fingerprint density at radius 2 is 2.56 bits per heavy atom. The molecule has 0 bridgehead atoms. The fourth-order valence-corrected chi connectivity index (χ4v) is 2.95. The Hall–Kier alpha value is -0.560. The molecule has 16 heavy (non-hydrogen) atoms. The van der Waals surface area contributed by atoms with E-state index in [0.29, 0.717) is 5.92 Å². The average molecular weight is 242 g/mol. The Balaban J connectivity index is 2.15. The van der Waals surface area contributed by atoms with Crippen LogP contribution in [0.4, 0.5) is 0 Å². The van der Waals surface area contributed by atoms with Crippen LogP contribution in [-0.2, 0) is 11.2 Å². The Morgan fingerprint density at radius 3 is 3.19 bits per heavy atom. The number of nitrogens with two attached hydrogens (primary N) is 1. The van der Waals surface area contributed by atoms with Crippen molar-refractivity contribution in [3.63, 3.8) is 0 Å². The molecule has 2 heterocycles. The number of ether oxygens (including phenoxy) is 1. The lowest BCUT2D eigenvalue weighted by Crippen LogP contribution is -2.34. The second kappa shape index (κ2) is 5.67. The van der Waals surface area contributed by atoms with Crippen molar-refractivity contribution in [3.8, 4) is 0 Å². The molecule has 1 aromatic rings. The van der Waals surface area contributed by atoms with E-state index in [1.54, 1.807) is 0 Å². The second-order valence-corrected chi connectivity index (χ2v) is 4.89. The minimum Gasteiger partial charge on any atom is -0.381 e. The zero-order valence-corrected chi connectivity index (χ0v) is 10.3. The molecule has 2 rings (SSSR count). The molecule has 5 nitrogen and oxygen atoms in total. The van der Waals surface area contributed by atoms with E-state index < -0.39 is 0 Å². The van der Waals surface area contributed by atoms with Gasteiger partial charge in [-0.3, -0.25) is 11.3 Å². The Bertz CT molecular complexity index is 324. The molecule has 0 aromatic carbocycles. The molecule has 1 aliphatic heterocycles. The van der Waals surface area contributed by atoms with E-state index in [-0.39, 0.29) is 6.04 Å². The average Bonchev–Trinajstić information content (AvgIpc) is 2.92. The van der Waals surface area contributed by atoms with Gasteiger partial charge in [0.25, 0.3) is 0 Å². The van der Waals surface area contributed by atoms with Crippen LogP contribution in [0.5, 0.6) is 0 Å². The lowest BCUT2D eigenvalue weighted by Gasteiger charge is -2.20. The minimum absolute atomic E-state index is 0.143. The standard InChI is InChI=1S/C10H18N4OS/c1-2-3-8-10(16-14-13-8)9(12-11)7-4-5-15-6-7/h7,9,12H,2-6,11H2,1H3. The third kappa shape index (κ3) is 2.40. The third-order valence-corrected chi connectivity index (χ3v) is 3.82. The van der Waals surface area contributed by atoms with Crippen LogP contribution in [0.15, 0.2) is 0 Å². The molecular formula is C10H18N4OS. The first-order valence-electron chi connectivity index (χ1n) is 5.71. The number of hydrazine groups is 1. The van der Waals surface area contributed by atoms with Crippen molar-refractivity contribution < 1.29 is 4.74 Å². The molecule has 1 aliphatic rings. The second-order valence-electron chi connectivity index (χ2n) is 4.10. The van der Waals surface area contributed by atoms with Gasteiger partial charge in [-0.05, 0) is 24.4 Å². The summed E-state index contributed by atoms with van der Waals surface area (Å²) in [7, 11) is 0. The summed E-state index contributed by atoms with van der Waals surface area (Å²) in [4.78, 5) is 1.18. The Kier molecular flexibility index (Phi) is 4.22. The number of hydrogen-bond donors (Lipinski definition) is 2. The summed E-state index contributed by atoms with van der Waals surface area (Å²) in [5, 5.41) is 4.18. The molecule has 3 N–H and O–H groups in total. The molecule has 90 valence electrons. The van der Waals surface area contributed by atoms with Gasteiger partial charge in [-0.2, -0.15) is 0 Å². The van der Waals surface area contributed by atoms with Gasteiger partial charge in [-0.25, -0.2) is 0 Å². The molecule has 0 spiro atoms. The fraction of sp³-hybridized carbons (Fsp3) is 0.800. The zero-order valence-electron chi connectivity index (χ0n) is 9.48. The van der Waals surface area contributed by atoms with Crippen LogP contribution in [0, 0.1) is 5.92 Å². The lowest BCUT2D eigenvalue weighted by molar-refractivity contribution is 0.177. The molecule has 2 unspecified atom stereocenters. The number of rotatable bonds is 5. The molecular weight excluding hydrogens is 224 g/mol. The maximum atomic E-state index is 5.65. The van der Waals surface area contributed by atoms with Gasteiger partial charge in [0.2, 0.25) is 0 Å². The SMILES string of the molecule is CCCc1nnsc1C(NN)C1CCOC1. The number of aromatic nitrogens is 2. The van der Waals surface area contributed by atoms with Crippen LogP contribution in [0.3, 0.4) is 0 Å². The van der Waals surface area contributed by atoms with Crippen molar-refractivity contribution in [3.05, 3.63) is 10.6 Å². The predicted molar refractivity (Wildman–Crippen MR) is 62.9 cm³/mol. The molecule has 6 heteroatoms. The fourth-order valence-electron chi connectivity index (χ4n) is 2.10. The van der Waals surface area contributed by atoms with E-state index in [2.05, 4.69) is 21.9 Å². The summed E-state index contributed by atoms with van der Waals surface area (Å²) in [6.45, 7) is 3.75. The smallest absolute Gasteiger partial charge is 0.0804 e. The molecule has 2 atom stereocenters. The lowest BCUT2D eigenvalue weighted by atomic mass is 9.96. The summed E-state index contributed by atoms with van der Waals surface area (Å²) in [5.74, 6) is 6.10. The number of nitrogens with zero attached hydrogens (tertiary/aromatic N) is 2. The van der Waals surface area contributed by atoms with Crippen LogP contribution in [0.25, 0.3) is 0 Å². The van der Waals surface area contributed by atoms with Gasteiger partial charge in [0.05, 0.1) is 23.2 Å². The highest BCUT2D eigenvalue weighted by Crippen LogP contribution is 2.31. The van der Waals surface area contributed by atoms with Crippen molar-refractivity contribution >= 4 is 11.5 Å². The first-order chi connectivity index (χ1) is 7.86. The van der Waals surface area contributed by atoms with Gasteiger partial charge in [0.1, 0.15) is 0 Å². The van der Waals surface area contributed by atoms with Crippen LogP contribution in [-0.4, -0.2) is 22.8 Å². The Morgan fingerprint density at radius 1 is 1.69 bits per heavy atom. The van der Waals surface area contributed by atoms with Crippen molar-refractivity contribution in [1.82, 2.24) is 15.0 Å². The quantitative estimate of drug-likeness (QED) is 0.596. The normalized spacial score (nSPS) is 22.5. The maximum Gasteiger partial charge on any atom is 0.0804 e. The van der Waals surface area contributed by atoms with E-state index in [1.165, 1.54) is 16.4 Å². The van der Waals surface area contributed by atoms with Gasteiger partial charge in [0.15, 0.2) is 0 Å².